The summed E-state index contributed by atoms with van der Waals surface area (Å²) in [7, 11) is 0. The Balaban J connectivity index is 1.21. The molecule has 0 unspecified atom stereocenters. The van der Waals surface area contributed by atoms with Gasteiger partial charge in [-0.15, -0.1) is 0 Å². The summed E-state index contributed by atoms with van der Waals surface area (Å²) in [5.74, 6) is 1.86. The Morgan fingerprint density at radius 3 is 1.02 bits per heavy atom. The van der Waals surface area contributed by atoms with Crippen LogP contribution in [0, 0.1) is 0 Å². The fraction of sp³-hybridized carbons (Fsp3) is 0. The first-order chi connectivity index (χ1) is 25.8. The van der Waals surface area contributed by atoms with Gasteiger partial charge in [-0.05, 0) is 0 Å². The summed E-state index contributed by atoms with van der Waals surface area (Å²) in [5.41, 5.74) is 6.94. The maximum absolute atomic E-state index is 7.22. The number of hydrogen-bond acceptors (Lipinski definition) is 1. The normalized spacial score (nSPS) is 13.3. The molecular weight excluding hydrogens is 693 g/mol. The SMILES string of the molecule is c1cc[c]([Ge]2([c]3ccccc3)[c]3ccc(-n4c5ccccc5c5ccccc54)cc3Oc3cc(-n4c5ccccc5c5ccccc54)cc[c]32)cc1. The van der Waals surface area contributed by atoms with E-state index in [9.17, 15) is 0 Å². The third-order valence-corrected chi connectivity index (χ3v) is 21.2. The van der Waals surface area contributed by atoms with Crippen LogP contribution in [0.15, 0.2) is 194 Å². The molecule has 1 aliphatic heterocycles. The molecule has 0 atom stereocenters. The molecule has 4 heteroatoms. The van der Waals surface area contributed by atoms with Crippen molar-refractivity contribution in [2.24, 2.45) is 0 Å². The summed E-state index contributed by atoms with van der Waals surface area (Å²) in [6.45, 7) is 0. The van der Waals surface area contributed by atoms with E-state index in [0.717, 1.165) is 22.9 Å². The van der Waals surface area contributed by atoms with Gasteiger partial charge in [0, 0.05) is 0 Å². The second-order valence-corrected chi connectivity index (χ2v) is 21.5. The second-order valence-electron chi connectivity index (χ2n) is 13.7. The number of benzene rings is 8. The summed E-state index contributed by atoms with van der Waals surface area (Å²) in [6, 6.07) is 71.1. The third-order valence-electron chi connectivity index (χ3n) is 11.0. The third kappa shape index (κ3) is 4.08. The fourth-order valence-electron chi connectivity index (χ4n) is 8.92. The molecule has 52 heavy (non-hydrogen) atoms. The van der Waals surface area contributed by atoms with Gasteiger partial charge in [-0.25, -0.2) is 0 Å². The van der Waals surface area contributed by atoms with Crippen LogP contribution in [0.4, 0.5) is 0 Å². The van der Waals surface area contributed by atoms with Gasteiger partial charge in [0.05, 0.1) is 0 Å². The van der Waals surface area contributed by atoms with Crippen LogP contribution in [-0.4, -0.2) is 22.4 Å². The van der Waals surface area contributed by atoms with Gasteiger partial charge in [0.15, 0.2) is 0 Å². The maximum atomic E-state index is 7.22. The van der Waals surface area contributed by atoms with Crippen LogP contribution in [0.25, 0.3) is 55.0 Å². The van der Waals surface area contributed by atoms with E-state index in [1.165, 1.54) is 61.2 Å². The van der Waals surface area contributed by atoms with E-state index < -0.39 is 13.3 Å². The summed E-state index contributed by atoms with van der Waals surface area (Å²) < 4.78 is 17.4. The fourth-order valence-corrected chi connectivity index (χ4v) is 19.2. The number of para-hydroxylation sites is 4. The van der Waals surface area contributed by atoms with Crippen LogP contribution in [0.1, 0.15) is 0 Å². The van der Waals surface area contributed by atoms with Gasteiger partial charge in [-0.3, -0.25) is 0 Å². The number of rotatable bonds is 4. The number of ether oxygens (including phenoxy) is 1. The molecule has 1 aliphatic rings. The van der Waals surface area contributed by atoms with E-state index in [2.05, 4.69) is 203 Å². The predicted molar refractivity (Wildman–Crippen MR) is 219 cm³/mol. The van der Waals surface area contributed by atoms with Crippen molar-refractivity contribution in [1.82, 2.24) is 9.13 Å². The molecule has 2 aromatic heterocycles. The minimum absolute atomic E-state index is 0.930. The van der Waals surface area contributed by atoms with Crippen molar-refractivity contribution >= 4 is 74.5 Å². The minimum atomic E-state index is -3.63. The quantitative estimate of drug-likeness (QED) is 0.166. The molecule has 8 aromatic carbocycles. The van der Waals surface area contributed by atoms with Crippen molar-refractivity contribution in [3.05, 3.63) is 194 Å². The Bertz CT molecular complexity index is 2680. The number of nitrogens with zero attached hydrogens (tertiary/aromatic N) is 2. The molecule has 3 nitrogen and oxygen atoms in total. The molecule has 0 N–H and O–H groups in total. The molecule has 3 heterocycles. The van der Waals surface area contributed by atoms with Gasteiger partial charge in [0.1, 0.15) is 0 Å². The molecule has 11 rings (SSSR count). The summed E-state index contributed by atoms with van der Waals surface area (Å²) >= 11 is -3.63. The van der Waals surface area contributed by atoms with Crippen LogP contribution >= 0.6 is 0 Å². The molecule has 0 saturated carbocycles. The first-order valence-electron chi connectivity index (χ1n) is 17.9. The molecule has 0 saturated heterocycles. The second kappa shape index (κ2) is 11.4. The van der Waals surface area contributed by atoms with Crippen LogP contribution < -0.4 is 22.3 Å². The average Bonchev–Trinajstić information content (AvgIpc) is 3.73. The van der Waals surface area contributed by atoms with Gasteiger partial charge in [0.25, 0.3) is 0 Å². The number of fused-ring (bicyclic) bond motifs is 8. The van der Waals surface area contributed by atoms with E-state index in [4.69, 9.17) is 4.74 Å². The predicted octanol–water partition coefficient (Wildman–Crippen LogP) is 9.36. The van der Waals surface area contributed by atoms with Crippen molar-refractivity contribution in [2.75, 3.05) is 0 Å². The molecule has 0 spiro atoms. The average molecular weight is 725 g/mol. The van der Waals surface area contributed by atoms with E-state index in [0.29, 0.717) is 0 Å². The van der Waals surface area contributed by atoms with Crippen LogP contribution in [0.3, 0.4) is 0 Å². The molecular formula is C48H32GeN2O. The number of aromatic nitrogens is 2. The Labute approximate surface area is 303 Å². The molecule has 244 valence electrons. The molecule has 0 aliphatic carbocycles. The summed E-state index contributed by atoms with van der Waals surface area (Å²) in [4.78, 5) is 0. The van der Waals surface area contributed by atoms with Crippen molar-refractivity contribution in [3.63, 3.8) is 0 Å². The van der Waals surface area contributed by atoms with Crippen molar-refractivity contribution in [1.29, 1.82) is 0 Å². The van der Waals surface area contributed by atoms with Gasteiger partial charge in [0.2, 0.25) is 0 Å². The molecule has 0 fully saturated rings. The first kappa shape index (κ1) is 29.4. The molecule has 0 radical (unpaired) electrons. The van der Waals surface area contributed by atoms with E-state index in [1.54, 1.807) is 0 Å². The monoisotopic (exact) mass is 726 g/mol. The van der Waals surface area contributed by atoms with Crippen LogP contribution in [0.2, 0.25) is 0 Å². The zero-order valence-electron chi connectivity index (χ0n) is 28.3. The Hall–Kier alpha value is -6.30. The topological polar surface area (TPSA) is 19.1 Å². The van der Waals surface area contributed by atoms with Crippen LogP contribution in [0.5, 0.6) is 11.5 Å². The van der Waals surface area contributed by atoms with Crippen molar-refractivity contribution in [3.8, 4) is 22.9 Å². The van der Waals surface area contributed by atoms with E-state index in [-0.39, 0.29) is 0 Å². The standard InChI is InChI=1S/C48H32GeN2O/c1-3-15-33(16-4-1)49(34-17-5-2-6-18-34)41-29-27-35(50-43-23-11-7-19-37(43)38-20-8-12-24-44(38)50)31-47(41)52-48-32-36(28-30-42(48)49)51-45-25-13-9-21-39(45)40-22-10-14-26-46(40)51/h1-32H. The zero-order chi connectivity index (χ0) is 34.2. The Kier molecular flexibility index (Phi) is 6.43. The Morgan fingerprint density at radius 1 is 0.327 bits per heavy atom. The molecule has 0 bridgehead atoms. The van der Waals surface area contributed by atoms with E-state index in [1.807, 2.05) is 0 Å². The van der Waals surface area contributed by atoms with Gasteiger partial charge >= 0.3 is 305 Å². The van der Waals surface area contributed by atoms with Crippen molar-refractivity contribution < 1.29 is 4.74 Å². The first-order valence-corrected chi connectivity index (χ1v) is 22.1. The zero-order valence-corrected chi connectivity index (χ0v) is 30.4. The molecule has 10 aromatic rings. The molecule has 0 amide bonds. The van der Waals surface area contributed by atoms with Crippen LogP contribution in [-0.2, 0) is 0 Å². The van der Waals surface area contributed by atoms with Crippen molar-refractivity contribution in [2.45, 2.75) is 0 Å². The summed E-state index contributed by atoms with van der Waals surface area (Å²) in [5, 5.41) is 4.99. The van der Waals surface area contributed by atoms with Gasteiger partial charge in [-0.1, -0.05) is 0 Å². The summed E-state index contributed by atoms with van der Waals surface area (Å²) in [6.07, 6.45) is 0. The van der Waals surface area contributed by atoms with Gasteiger partial charge in [-0.2, -0.15) is 0 Å². The van der Waals surface area contributed by atoms with Gasteiger partial charge < -0.3 is 0 Å². The van der Waals surface area contributed by atoms with E-state index >= 15 is 0 Å². The number of hydrogen-bond donors (Lipinski definition) is 0. The Morgan fingerprint density at radius 2 is 0.654 bits per heavy atom.